The van der Waals surface area contributed by atoms with Gasteiger partial charge >= 0.3 is 0 Å². The normalized spacial score (nSPS) is 10.1. The molecule has 0 radical (unpaired) electrons. The maximum atomic E-state index is 5.12. The molecule has 0 fully saturated rings. The van der Waals surface area contributed by atoms with E-state index in [2.05, 4.69) is 52.5 Å². The van der Waals surface area contributed by atoms with Crippen molar-refractivity contribution < 1.29 is 0 Å². The van der Waals surface area contributed by atoms with Crippen LogP contribution in [0.5, 0.6) is 0 Å². The van der Waals surface area contributed by atoms with Crippen LogP contribution in [-0.4, -0.2) is 11.2 Å². The summed E-state index contributed by atoms with van der Waals surface area (Å²) in [5.41, 5.74) is 1.21. The minimum Gasteiger partial charge on any atom is -0.361 e. The van der Waals surface area contributed by atoms with E-state index in [9.17, 15) is 0 Å². The molecule has 0 saturated carbocycles. The molecule has 0 saturated heterocycles. The molecule has 1 aromatic carbocycles. The summed E-state index contributed by atoms with van der Waals surface area (Å²) in [6.07, 6.45) is 0. The van der Waals surface area contributed by atoms with E-state index in [0.717, 1.165) is 11.0 Å². The lowest BCUT2D eigenvalue weighted by Gasteiger charge is -2.12. The fraction of sp³-hybridized carbons (Fsp3) is 0.364. The number of thiocarbonyl (C=S) groups is 1. The minimum atomic E-state index is 0.370. The molecule has 0 aliphatic rings. The van der Waals surface area contributed by atoms with Gasteiger partial charge in [0.2, 0.25) is 0 Å². The van der Waals surface area contributed by atoms with Crippen molar-refractivity contribution >= 4 is 33.3 Å². The Morgan fingerprint density at radius 2 is 1.93 bits per heavy atom. The maximum Gasteiger partial charge on any atom is 0.166 e. The quantitative estimate of drug-likeness (QED) is 0.836. The highest BCUT2D eigenvalue weighted by atomic mass is 79.9. The van der Waals surface area contributed by atoms with Gasteiger partial charge in [-0.25, -0.2) is 0 Å². The second kappa shape index (κ2) is 6.08. The number of hydrogen-bond acceptors (Lipinski definition) is 1. The zero-order valence-corrected chi connectivity index (χ0v) is 11.3. The van der Waals surface area contributed by atoms with Gasteiger partial charge in [0.05, 0.1) is 0 Å². The molecule has 0 spiro atoms. The SMILES string of the molecule is CC(C)NC(=S)NCc1ccc(Br)cc1. The van der Waals surface area contributed by atoms with Crippen LogP contribution in [-0.2, 0) is 6.54 Å². The van der Waals surface area contributed by atoms with Crippen LogP contribution in [0.15, 0.2) is 28.7 Å². The van der Waals surface area contributed by atoms with Gasteiger partial charge in [0, 0.05) is 17.1 Å². The predicted molar refractivity (Wildman–Crippen MR) is 71.9 cm³/mol. The Labute approximate surface area is 105 Å². The summed E-state index contributed by atoms with van der Waals surface area (Å²) in [5, 5.41) is 6.99. The molecule has 0 unspecified atom stereocenters. The highest BCUT2D eigenvalue weighted by molar-refractivity contribution is 9.10. The van der Waals surface area contributed by atoms with Crippen LogP contribution in [0.4, 0.5) is 0 Å². The third-order valence-corrected chi connectivity index (χ3v) is 2.58. The number of halogens is 1. The molecule has 15 heavy (non-hydrogen) atoms. The van der Waals surface area contributed by atoms with Crippen LogP contribution in [0.25, 0.3) is 0 Å². The average molecular weight is 287 g/mol. The maximum absolute atomic E-state index is 5.12. The van der Waals surface area contributed by atoms with Gasteiger partial charge in [0.1, 0.15) is 0 Å². The van der Waals surface area contributed by atoms with Crippen LogP contribution in [0.3, 0.4) is 0 Å². The fourth-order valence-electron chi connectivity index (χ4n) is 1.10. The Balaban J connectivity index is 2.37. The summed E-state index contributed by atoms with van der Waals surface area (Å²) in [4.78, 5) is 0. The summed E-state index contributed by atoms with van der Waals surface area (Å²) in [5.74, 6) is 0. The standard InChI is InChI=1S/C11H15BrN2S/c1-8(2)14-11(15)13-7-9-3-5-10(12)6-4-9/h3-6,8H,7H2,1-2H3,(H2,13,14,15). The average Bonchev–Trinajstić information content (AvgIpc) is 2.16. The predicted octanol–water partition coefficient (Wildman–Crippen LogP) is 2.82. The summed E-state index contributed by atoms with van der Waals surface area (Å²) >= 11 is 8.52. The van der Waals surface area contributed by atoms with Gasteiger partial charge in [-0.3, -0.25) is 0 Å². The number of benzene rings is 1. The van der Waals surface area contributed by atoms with Gasteiger partial charge in [0.15, 0.2) is 5.11 Å². The molecule has 1 rings (SSSR count). The molecule has 2 nitrogen and oxygen atoms in total. The summed E-state index contributed by atoms with van der Waals surface area (Å²) < 4.78 is 1.09. The highest BCUT2D eigenvalue weighted by Gasteiger charge is 1.98. The first-order valence-electron chi connectivity index (χ1n) is 4.86. The van der Waals surface area contributed by atoms with E-state index in [0.29, 0.717) is 11.2 Å². The van der Waals surface area contributed by atoms with Crippen molar-refractivity contribution in [3.8, 4) is 0 Å². The third kappa shape index (κ3) is 5.14. The van der Waals surface area contributed by atoms with Crippen LogP contribution < -0.4 is 10.6 Å². The largest absolute Gasteiger partial charge is 0.361 e. The fourth-order valence-corrected chi connectivity index (χ4v) is 1.67. The molecule has 0 aromatic heterocycles. The summed E-state index contributed by atoms with van der Waals surface area (Å²) in [6.45, 7) is 4.88. The number of nitrogens with one attached hydrogen (secondary N) is 2. The van der Waals surface area contributed by atoms with E-state index >= 15 is 0 Å². The molecular formula is C11H15BrN2S. The molecule has 0 atom stereocenters. The molecular weight excluding hydrogens is 272 g/mol. The van der Waals surface area contributed by atoms with Crippen molar-refractivity contribution in [3.63, 3.8) is 0 Å². The number of hydrogen-bond donors (Lipinski definition) is 2. The Hall–Kier alpha value is -0.610. The molecule has 82 valence electrons. The lowest BCUT2D eigenvalue weighted by Crippen LogP contribution is -2.38. The van der Waals surface area contributed by atoms with Gasteiger partial charge in [-0.15, -0.1) is 0 Å². The monoisotopic (exact) mass is 286 g/mol. The van der Waals surface area contributed by atoms with Crippen molar-refractivity contribution in [1.82, 2.24) is 10.6 Å². The van der Waals surface area contributed by atoms with Crippen LogP contribution in [0.2, 0.25) is 0 Å². The second-order valence-electron chi connectivity index (χ2n) is 3.61. The van der Waals surface area contributed by atoms with E-state index in [1.807, 2.05) is 12.1 Å². The Kier molecular flexibility index (Phi) is 5.05. The van der Waals surface area contributed by atoms with E-state index in [1.54, 1.807) is 0 Å². The van der Waals surface area contributed by atoms with Gasteiger partial charge in [-0.1, -0.05) is 28.1 Å². The molecule has 0 heterocycles. The van der Waals surface area contributed by atoms with Crippen molar-refractivity contribution in [2.45, 2.75) is 26.4 Å². The van der Waals surface area contributed by atoms with E-state index in [1.165, 1.54) is 5.56 Å². The molecule has 0 amide bonds. The molecule has 0 aliphatic carbocycles. The van der Waals surface area contributed by atoms with E-state index in [-0.39, 0.29) is 0 Å². The van der Waals surface area contributed by atoms with Crippen LogP contribution >= 0.6 is 28.1 Å². The van der Waals surface area contributed by atoms with Gasteiger partial charge in [0.25, 0.3) is 0 Å². The zero-order valence-electron chi connectivity index (χ0n) is 8.88. The van der Waals surface area contributed by atoms with Gasteiger partial charge in [-0.05, 0) is 43.8 Å². The Morgan fingerprint density at radius 1 is 1.33 bits per heavy atom. The van der Waals surface area contributed by atoms with Crippen LogP contribution in [0, 0.1) is 0 Å². The van der Waals surface area contributed by atoms with Gasteiger partial charge < -0.3 is 10.6 Å². The first-order chi connectivity index (χ1) is 7.08. The van der Waals surface area contributed by atoms with Gasteiger partial charge in [-0.2, -0.15) is 0 Å². The highest BCUT2D eigenvalue weighted by Crippen LogP contribution is 2.10. The topological polar surface area (TPSA) is 24.1 Å². The van der Waals surface area contributed by atoms with Crippen molar-refractivity contribution in [3.05, 3.63) is 34.3 Å². The lowest BCUT2D eigenvalue weighted by molar-refractivity contribution is 0.712. The Bertz CT molecular complexity index is 322. The van der Waals surface area contributed by atoms with E-state index in [4.69, 9.17) is 12.2 Å². The second-order valence-corrected chi connectivity index (χ2v) is 4.93. The Morgan fingerprint density at radius 3 is 2.47 bits per heavy atom. The third-order valence-electron chi connectivity index (χ3n) is 1.79. The van der Waals surface area contributed by atoms with Crippen molar-refractivity contribution in [1.29, 1.82) is 0 Å². The minimum absolute atomic E-state index is 0.370. The molecule has 4 heteroatoms. The molecule has 2 N–H and O–H groups in total. The van der Waals surface area contributed by atoms with Crippen molar-refractivity contribution in [2.24, 2.45) is 0 Å². The first kappa shape index (κ1) is 12.5. The first-order valence-corrected chi connectivity index (χ1v) is 6.07. The molecule has 0 aliphatic heterocycles. The van der Waals surface area contributed by atoms with Crippen LogP contribution in [0.1, 0.15) is 19.4 Å². The summed E-state index contributed by atoms with van der Waals surface area (Å²) in [7, 11) is 0. The summed E-state index contributed by atoms with van der Waals surface area (Å²) in [6, 6.07) is 8.55. The van der Waals surface area contributed by atoms with E-state index < -0.39 is 0 Å². The zero-order chi connectivity index (χ0) is 11.3. The smallest absolute Gasteiger partial charge is 0.166 e. The van der Waals surface area contributed by atoms with Crippen molar-refractivity contribution in [2.75, 3.05) is 0 Å². The molecule has 1 aromatic rings. The number of rotatable bonds is 3. The molecule has 0 bridgehead atoms. The lowest BCUT2D eigenvalue weighted by atomic mass is 10.2.